The maximum atomic E-state index is 13.6. The van der Waals surface area contributed by atoms with Crippen LogP contribution in [0, 0.1) is 5.82 Å². The number of hydrogen-bond donors (Lipinski definition) is 3. The Balaban J connectivity index is 2.40. The highest BCUT2D eigenvalue weighted by atomic mass is 79.9. The molecule has 0 amide bonds. The Hall–Kier alpha value is -1.44. The van der Waals surface area contributed by atoms with Crippen LogP contribution in [0.25, 0.3) is 0 Å². The first-order valence-corrected chi connectivity index (χ1v) is 5.98. The molecule has 0 spiro atoms. The molecule has 1 aromatic carbocycles. The molecule has 94 valence electrons. The van der Waals surface area contributed by atoms with Gasteiger partial charge < -0.3 is 10.7 Å². The molecular formula is C10H8BrClFN5. The average molecular weight is 333 g/mol. The Morgan fingerprint density at radius 1 is 1.28 bits per heavy atom. The molecule has 0 radical (unpaired) electrons. The Morgan fingerprint density at radius 2 is 2.00 bits per heavy atom. The van der Waals surface area contributed by atoms with Crippen LogP contribution in [-0.2, 0) is 0 Å². The van der Waals surface area contributed by atoms with Gasteiger partial charge in [0.1, 0.15) is 16.6 Å². The van der Waals surface area contributed by atoms with E-state index in [0.717, 1.165) is 0 Å². The number of nitrogens with two attached hydrogens (primary N) is 1. The van der Waals surface area contributed by atoms with E-state index in [0.29, 0.717) is 16.1 Å². The van der Waals surface area contributed by atoms with Crippen molar-refractivity contribution in [1.82, 2.24) is 9.97 Å². The van der Waals surface area contributed by atoms with Crippen LogP contribution >= 0.6 is 27.5 Å². The highest BCUT2D eigenvalue weighted by Gasteiger charge is 2.12. The molecule has 2 aromatic rings. The van der Waals surface area contributed by atoms with Crippen molar-refractivity contribution in [3.63, 3.8) is 0 Å². The van der Waals surface area contributed by atoms with Crippen molar-refractivity contribution in [1.29, 1.82) is 0 Å². The second-order valence-electron chi connectivity index (χ2n) is 3.25. The largest absolute Gasteiger partial charge is 0.336 e. The van der Waals surface area contributed by atoms with Gasteiger partial charge in [-0.15, -0.1) is 0 Å². The van der Waals surface area contributed by atoms with Crippen LogP contribution in [0.4, 0.5) is 21.7 Å². The Morgan fingerprint density at radius 3 is 2.67 bits per heavy atom. The quantitative estimate of drug-likeness (QED) is 0.595. The van der Waals surface area contributed by atoms with E-state index in [9.17, 15) is 4.39 Å². The minimum atomic E-state index is -0.477. The van der Waals surface area contributed by atoms with Crippen molar-refractivity contribution in [2.45, 2.75) is 0 Å². The Labute approximate surface area is 116 Å². The molecule has 0 atom stereocenters. The van der Waals surface area contributed by atoms with Gasteiger partial charge in [0.15, 0.2) is 11.6 Å². The third-order valence-electron chi connectivity index (χ3n) is 2.13. The predicted octanol–water partition coefficient (Wildman–Crippen LogP) is 3.06. The van der Waals surface area contributed by atoms with Crippen LogP contribution in [0.15, 0.2) is 29.0 Å². The van der Waals surface area contributed by atoms with Crippen LogP contribution in [-0.4, -0.2) is 9.97 Å². The molecule has 0 aliphatic rings. The van der Waals surface area contributed by atoms with Crippen LogP contribution in [0.1, 0.15) is 0 Å². The number of aromatic nitrogens is 2. The van der Waals surface area contributed by atoms with Crippen molar-refractivity contribution >= 4 is 44.9 Å². The molecule has 0 saturated carbocycles. The van der Waals surface area contributed by atoms with Gasteiger partial charge in [-0.05, 0) is 28.1 Å². The number of anilines is 3. The molecule has 4 N–H and O–H groups in total. The van der Waals surface area contributed by atoms with E-state index in [1.54, 1.807) is 6.07 Å². The molecule has 0 unspecified atom stereocenters. The fourth-order valence-corrected chi connectivity index (χ4v) is 1.92. The molecule has 0 bridgehead atoms. The summed E-state index contributed by atoms with van der Waals surface area (Å²) in [6.45, 7) is 0. The van der Waals surface area contributed by atoms with Crippen LogP contribution in [0.2, 0.25) is 5.02 Å². The summed E-state index contributed by atoms with van der Waals surface area (Å²) in [6, 6.07) is 4.39. The van der Waals surface area contributed by atoms with Crippen molar-refractivity contribution in [3.8, 4) is 0 Å². The summed E-state index contributed by atoms with van der Waals surface area (Å²) in [6.07, 6.45) is 1.29. The number of para-hydroxylation sites is 1. The van der Waals surface area contributed by atoms with Gasteiger partial charge in [0.2, 0.25) is 0 Å². The van der Waals surface area contributed by atoms with Gasteiger partial charge in [-0.25, -0.2) is 20.2 Å². The van der Waals surface area contributed by atoms with Gasteiger partial charge >= 0.3 is 0 Å². The molecule has 0 aliphatic carbocycles. The lowest BCUT2D eigenvalue weighted by molar-refractivity contribution is 0.632. The molecule has 0 aliphatic heterocycles. The number of hydrazine groups is 1. The predicted molar refractivity (Wildman–Crippen MR) is 72.2 cm³/mol. The maximum absolute atomic E-state index is 13.6. The van der Waals surface area contributed by atoms with Crippen molar-refractivity contribution in [3.05, 3.63) is 39.8 Å². The molecular weight excluding hydrogens is 324 g/mol. The van der Waals surface area contributed by atoms with E-state index in [2.05, 4.69) is 36.6 Å². The lowest BCUT2D eigenvalue weighted by atomic mass is 10.3. The molecule has 0 fully saturated rings. The second kappa shape index (κ2) is 5.47. The zero-order valence-electron chi connectivity index (χ0n) is 8.92. The second-order valence-corrected chi connectivity index (χ2v) is 4.45. The number of benzene rings is 1. The number of nitrogen functional groups attached to an aromatic ring is 1. The van der Waals surface area contributed by atoms with E-state index >= 15 is 0 Å². The highest BCUT2D eigenvalue weighted by molar-refractivity contribution is 9.10. The Bertz CT molecular complexity index is 560. The summed E-state index contributed by atoms with van der Waals surface area (Å²) in [5.41, 5.74) is 2.53. The van der Waals surface area contributed by atoms with Crippen molar-refractivity contribution in [2.24, 2.45) is 5.84 Å². The average Bonchev–Trinajstić information content (AvgIpc) is 2.36. The summed E-state index contributed by atoms with van der Waals surface area (Å²) in [5.74, 6) is 5.52. The van der Waals surface area contributed by atoms with E-state index < -0.39 is 5.82 Å². The number of halogens is 3. The zero-order chi connectivity index (χ0) is 13.1. The standard InChI is InChI=1S/C10H8BrClFN5/c11-7-9(15-4-16-10(7)18-14)17-8-5(12)2-1-3-6(8)13/h1-4H,14H2,(H2,15,16,17,18). The number of hydrogen-bond acceptors (Lipinski definition) is 5. The lowest BCUT2D eigenvalue weighted by Crippen LogP contribution is -2.10. The van der Waals surface area contributed by atoms with Crippen molar-refractivity contribution in [2.75, 3.05) is 10.7 Å². The zero-order valence-corrected chi connectivity index (χ0v) is 11.3. The first kappa shape index (κ1) is 13.0. The van der Waals surface area contributed by atoms with Gasteiger partial charge in [0, 0.05) is 0 Å². The molecule has 1 heterocycles. The summed E-state index contributed by atoms with van der Waals surface area (Å²) < 4.78 is 14.1. The van der Waals surface area contributed by atoms with Gasteiger partial charge in [-0.3, -0.25) is 0 Å². The van der Waals surface area contributed by atoms with Crippen molar-refractivity contribution < 1.29 is 4.39 Å². The van der Waals surface area contributed by atoms with Gasteiger partial charge in [0.05, 0.1) is 10.7 Å². The van der Waals surface area contributed by atoms with Crippen LogP contribution in [0.3, 0.4) is 0 Å². The third kappa shape index (κ3) is 2.53. The fraction of sp³-hybridized carbons (Fsp3) is 0. The normalized spacial score (nSPS) is 10.2. The summed E-state index contributed by atoms with van der Waals surface area (Å²) in [7, 11) is 0. The minimum Gasteiger partial charge on any atom is -0.336 e. The molecule has 18 heavy (non-hydrogen) atoms. The molecule has 5 nitrogen and oxygen atoms in total. The van der Waals surface area contributed by atoms with E-state index in [1.165, 1.54) is 18.5 Å². The van der Waals surface area contributed by atoms with E-state index in [4.69, 9.17) is 17.4 Å². The van der Waals surface area contributed by atoms with Crippen LogP contribution < -0.4 is 16.6 Å². The maximum Gasteiger partial charge on any atom is 0.159 e. The number of rotatable bonds is 3. The van der Waals surface area contributed by atoms with Gasteiger partial charge in [-0.2, -0.15) is 0 Å². The Kier molecular flexibility index (Phi) is 3.95. The van der Waals surface area contributed by atoms with E-state index in [-0.39, 0.29) is 10.7 Å². The lowest BCUT2D eigenvalue weighted by Gasteiger charge is -2.11. The highest BCUT2D eigenvalue weighted by Crippen LogP contribution is 2.32. The molecule has 2 rings (SSSR count). The minimum absolute atomic E-state index is 0.140. The monoisotopic (exact) mass is 331 g/mol. The molecule has 1 aromatic heterocycles. The summed E-state index contributed by atoms with van der Waals surface area (Å²) >= 11 is 9.16. The fourth-order valence-electron chi connectivity index (χ4n) is 1.29. The summed E-state index contributed by atoms with van der Waals surface area (Å²) in [5, 5.41) is 3.04. The number of nitrogens with zero attached hydrogens (tertiary/aromatic N) is 2. The third-order valence-corrected chi connectivity index (χ3v) is 3.20. The molecule has 8 heteroatoms. The SMILES string of the molecule is NNc1ncnc(Nc2c(F)cccc2Cl)c1Br. The van der Waals surface area contributed by atoms with Crippen LogP contribution in [0.5, 0.6) is 0 Å². The first-order valence-electron chi connectivity index (χ1n) is 4.81. The van der Waals surface area contributed by atoms with Gasteiger partial charge in [-0.1, -0.05) is 17.7 Å². The van der Waals surface area contributed by atoms with Gasteiger partial charge in [0.25, 0.3) is 0 Å². The number of nitrogens with one attached hydrogen (secondary N) is 2. The first-order chi connectivity index (χ1) is 8.63. The van der Waals surface area contributed by atoms with E-state index in [1.807, 2.05) is 0 Å². The smallest absolute Gasteiger partial charge is 0.159 e. The molecule has 0 saturated heterocycles. The topological polar surface area (TPSA) is 75.9 Å². The summed E-state index contributed by atoms with van der Waals surface area (Å²) in [4.78, 5) is 7.86.